The summed E-state index contributed by atoms with van der Waals surface area (Å²) in [4.78, 5) is 3.27. The molecule has 0 spiro atoms. The molecule has 1 saturated carbocycles. The van der Waals surface area contributed by atoms with E-state index in [4.69, 9.17) is 17.3 Å². The van der Waals surface area contributed by atoms with E-state index in [1.165, 1.54) is 17.4 Å². The number of aromatic amines is 1. The molecule has 3 rings (SSSR count). The van der Waals surface area contributed by atoms with E-state index in [-0.39, 0.29) is 0 Å². The summed E-state index contributed by atoms with van der Waals surface area (Å²) in [5, 5.41) is 2.07. The number of nitrogens with two attached hydrogens (primary N) is 1. The molecule has 1 aliphatic rings. The minimum absolute atomic E-state index is 0.657. The molecule has 0 bridgehead atoms. The number of aromatic nitrogens is 1. The van der Waals surface area contributed by atoms with Crippen molar-refractivity contribution in [3.05, 3.63) is 35.0 Å². The van der Waals surface area contributed by atoms with Gasteiger partial charge in [0.2, 0.25) is 0 Å². The lowest BCUT2D eigenvalue weighted by molar-refractivity contribution is 0.812. The van der Waals surface area contributed by atoms with Gasteiger partial charge in [0.05, 0.1) is 0 Å². The molecule has 15 heavy (non-hydrogen) atoms. The van der Waals surface area contributed by atoms with Crippen LogP contribution >= 0.6 is 11.6 Å². The number of rotatable bonds is 2. The third-order valence-electron chi connectivity index (χ3n) is 3.30. The Hall–Kier alpha value is -0.990. The van der Waals surface area contributed by atoms with Gasteiger partial charge in [0.1, 0.15) is 0 Å². The molecule has 0 saturated heterocycles. The zero-order valence-corrected chi connectivity index (χ0v) is 9.09. The van der Waals surface area contributed by atoms with Gasteiger partial charge in [-0.25, -0.2) is 0 Å². The average molecular weight is 221 g/mol. The molecule has 3 N–H and O–H groups in total. The third kappa shape index (κ3) is 1.45. The molecular formula is C12H13ClN2. The summed E-state index contributed by atoms with van der Waals surface area (Å²) in [6.45, 7) is 0.797. The predicted molar refractivity (Wildman–Crippen MR) is 63.2 cm³/mol. The average Bonchev–Trinajstić information content (AvgIpc) is 2.91. The number of halogens is 1. The molecule has 3 heteroatoms. The quantitative estimate of drug-likeness (QED) is 0.803. The fourth-order valence-electron chi connectivity index (χ4n) is 2.32. The van der Waals surface area contributed by atoms with Crippen molar-refractivity contribution < 1.29 is 0 Å². The van der Waals surface area contributed by atoms with Crippen LogP contribution in [0, 0.1) is 5.92 Å². The van der Waals surface area contributed by atoms with Gasteiger partial charge in [-0.3, -0.25) is 0 Å². The number of fused-ring (bicyclic) bond motifs is 1. The van der Waals surface area contributed by atoms with Crippen molar-refractivity contribution in [2.75, 3.05) is 6.54 Å². The summed E-state index contributed by atoms with van der Waals surface area (Å²) in [5.74, 6) is 1.34. The summed E-state index contributed by atoms with van der Waals surface area (Å²) < 4.78 is 0. The van der Waals surface area contributed by atoms with Crippen LogP contribution in [0.1, 0.15) is 17.9 Å². The van der Waals surface area contributed by atoms with Crippen LogP contribution in [0.2, 0.25) is 5.02 Å². The lowest BCUT2D eigenvalue weighted by Gasteiger charge is -1.97. The summed E-state index contributed by atoms with van der Waals surface area (Å²) in [7, 11) is 0. The van der Waals surface area contributed by atoms with Gasteiger partial charge in [-0.1, -0.05) is 17.7 Å². The Morgan fingerprint density at radius 3 is 3.07 bits per heavy atom. The van der Waals surface area contributed by atoms with Crippen LogP contribution in [0.4, 0.5) is 0 Å². The van der Waals surface area contributed by atoms with Crippen molar-refractivity contribution >= 4 is 22.5 Å². The smallest absolute Gasteiger partial charge is 0.0471 e. The number of nitrogens with one attached hydrogen (secondary N) is 1. The number of benzene rings is 1. The first-order valence-electron chi connectivity index (χ1n) is 5.26. The highest BCUT2D eigenvalue weighted by atomic mass is 35.5. The van der Waals surface area contributed by atoms with Crippen molar-refractivity contribution in [1.82, 2.24) is 4.98 Å². The summed E-state index contributed by atoms with van der Waals surface area (Å²) in [5.41, 5.74) is 8.19. The fraction of sp³-hybridized carbons (Fsp3) is 0.333. The number of hydrogen-bond donors (Lipinski definition) is 2. The zero-order chi connectivity index (χ0) is 10.4. The van der Waals surface area contributed by atoms with Crippen LogP contribution in [0.3, 0.4) is 0 Å². The van der Waals surface area contributed by atoms with Crippen LogP contribution in [-0.2, 0) is 0 Å². The molecule has 0 radical (unpaired) electrons. The first-order chi connectivity index (χ1) is 7.29. The highest BCUT2D eigenvalue weighted by Crippen LogP contribution is 2.48. The lowest BCUT2D eigenvalue weighted by Crippen LogP contribution is -2.01. The monoisotopic (exact) mass is 220 g/mol. The van der Waals surface area contributed by atoms with Gasteiger partial charge in [-0.05, 0) is 42.5 Å². The van der Waals surface area contributed by atoms with Crippen LogP contribution in [-0.4, -0.2) is 11.5 Å². The van der Waals surface area contributed by atoms with E-state index in [1.807, 2.05) is 12.1 Å². The molecule has 1 aromatic carbocycles. The van der Waals surface area contributed by atoms with E-state index in [0.29, 0.717) is 11.8 Å². The predicted octanol–water partition coefficient (Wildman–Crippen LogP) is 2.88. The Kier molecular flexibility index (Phi) is 2.01. The van der Waals surface area contributed by atoms with Gasteiger partial charge in [0.25, 0.3) is 0 Å². The standard InChI is InChI=1S/C12H13ClN2/c13-8-1-2-9-11(6-15-12(9)4-8)10-3-7(10)5-14/h1-2,4,6-7,10,15H,3,5,14H2/t7-,10+/m0/s1. The molecule has 2 atom stereocenters. The molecule has 2 nitrogen and oxygen atoms in total. The van der Waals surface area contributed by atoms with Gasteiger partial charge in [0, 0.05) is 22.1 Å². The molecular weight excluding hydrogens is 208 g/mol. The van der Waals surface area contributed by atoms with E-state index in [1.54, 1.807) is 0 Å². The van der Waals surface area contributed by atoms with Crippen LogP contribution in [0.25, 0.3) is 10.9 Å². The largest absolute Gasteiger partial charge is 0.361 e. The molecule has 2 aromatic rings. The van der Waals surface area contributed by atoms with E-state index in [9.17, 15) is 0 Å². The number of hydrogen-bond acceptors (Lipinski definition) is 1. The van der Waals surface area contributed by atoms with E-state index >= 15 is 0 Å². The Morgan fingerprint density at radius 2 is 2.33 bits per heavy atom. The highest BCUT2D eigenvalue weighted by molar-refractivity contribution is 6.31. The molecule has 1 aromatic heterocycles. The van der Waals surface area contributed by atoms with Gasteiger partial charge < -0.3 is 10.7 Å². The van der Waals surface area contributed by atoms with Crippen molar-refractivity contribution in [1.29, 1.82) is 0 Å². The summed E-state index contributed by atoms with van der Waals surface area (Å²) in [6.07, 6.45) is 3.33. The third-order valence-corrected chi connectivity index (χ3v) is 3.54. The van der Waals surface area contributed by atoms with Crippen molar-refractivity contribution in [3.8, 4) is 0 Å². The maximum Gasteiger partial charge on any atom is 0.0471 e. The van der Waals surface area contributed by atoms with E-state index in [2.05, 4.69) is 17.2 Å². The van der Waals surface area contributed by atoms with Gasteiger partial charge in [-0.2, -0.15) is 0 Å². The Labute approximate surface area is 93.4 Å². The molecule has 0 aliphatic heterocycles. The van der Waals surface area contributed by atoms with Gasteiger partial charge in [-0.15, -0.1) is 0 Å². The topological polar surface area (TPSA) is 41.8 Å². The summed E-state index contributed by atoms with van der Waals surface area (Å²) >= 11 is 5.94. The van der Waals surface area contributed by atoms with Crippen molar-refractivity contribution in [3.63, 3.8) is 0 Å². The molecule has 0 unspecified atom stereocenters. The Balaban J connectivity index is 2.06. The van der Waals surface area contributed by atoms with Gasteiger partial charge in [0.15, 0.2) is 0 Å². The second-order valence-corrected chi connectivity index (χ2v) is 4.71. The SMILES string of the molecule is NC[C@@H]1C[C@H]1c1c[nH]c2cc(Cl)ccc12. The van der Waals surface area contributed by atoms with Crippen LogP contribution < -0.4 is 5.73 Å². The maximum absolute atomic E-state index is 5.94. The fourth-order valence-corrected chi connectivity index (χ4v) is 2.49. The highest BCUT2D eigenvalue weighted by Gasteiger charge is 2.38. The molecule has 78 valence electrons. The van der Waals surface area contributed by atoms with Crippen LogP contribution in [0.15, 0.2) is 24.4 Å². The lowest BCUT2D eigenvalue weighted by atomic mass is 10.1. The van der Waals surface area contributed by atoms with Gasteiger partial charge >= 0.3 is 0 Å². The molecule has 1 aliphatic carbocycles. The minimum atomic E-state index is 0.657. The number of H-pyrrole nitrogens is 1. The van der Waals surface area contributed by atoms with Crippen molar-refractivity contribution in [2.45, 2.75) is 12.3 Å². The first kappa shape index (κ1) is 9.25. The van der Waals surface area contributed by atoms with Crippen LogP contribution in [0.5, 0.6) is 0 Å². The zero-order valence-electron chi connectivity index (χ0n) is 8.33. The first-order valence-corrected chi connectivity index (χ1v) is 5.64. The molecule has 0 amide bonds. The van der Waals surface area contributed by atoms with Crippen molar-refractivity contribution in [2.24, 2.45) is 11.7 Å². The minimum Gasteiger partial charge on any atom is -0.361 e. The summed E-state index contributed by atoms with van der Waals surface area (Å²) in [6, 6.07) is 6.01. The van der Waals surface area contributed by atoms with E-state index < -0.39 is 0 Å². The second-order valence-electron chi connectivity index (χ2n) is 4.27. The normalized spacial score (nSPS) is 24.7. The molecule has 1 fully saturated rings. The van der Waals surface area contributed by atoms with E-state index in [0.717, 1.165) is 17.1 Å². The molecule has 1 heterocycles. The Morgan fingerprint density at radius 1 is 1.47 bits per heavy atom. The Bertz CT molecular complexity index is 503. The maximum atomic E-state index is 5.94. The second kappa shape index (κ2) is 3.26.